The third-order valence-electron chi connectivity index (χ3n) is 12.1. The second kappa shape index (κ2) is 19.5. The van der Waals surface area contributed by atoms with Crippen LogP contribution in [0.3, 0.4) is 0 Å². The maximum absolute atomic E-state index is 15.4. The van der Waals surface area contributed by atoms with Gasteiger partial charge in [0.05, 0.1) is 0 Å². The van der Waals surface area contributed by atoms with Gasteiger partial charge < -0.3 is 0 Å². The fraction of sp³-hybridized carbons (Fsp3) is 0.149. The van der Waals surface area contributed by atoms with E-state index in [9.17, 15) is 57.5 Å². The van der Waals surface area contributed by atoms with Crippen molar-refractivity contribution in [3.05, 3.63) is 194 Å². The Morgan fingerprint density at radius 1 is 0.400 bits per heavy atom. The number of Topliss-reactive ketones (excluding diaryl/α,β-unsaturated/α-hetero) is 1. The van der Waals surface area contributed by atoms with Gasteiger partial charge in [-0.05, 0) is 24.3 Å². The second-order valence-corrected chi connectivity index (χ2v) is 15.8. The monoisotopic (exact) mass is 1010 g/mol. The number of carbonyl (C=O) groups excluding carboxylic acids is 1. The molecule has 6 aromatic carbocycles. The van der Waals surface area contributed by atoms with Crippen LogP contribution in [0.15, 0.2) is 66.9 Å². The van der Waals surface area contributed by atoms with Gasteiger partial charge in [0.1, 0.15) is 52.7 Å². The molecule has 1 aliphatic rings. The summed E-state index contributed by atoms with van der Waals surface area (Å²) in [6.45, 7) is 0.417. The number of fused-ring (bicyclic) bond motifs is 1. The summed E-state index contributed by atoms with van der Waals surface area (Å²) in [7, 11) is 0. The van der Waals surface area contributed by atoms with E-state index >= 15 is 35.1 Å². The van der Waals surface area contributed by atoms with Gasteiger partial charge in [-0.15, -0.1) is 21.9 Å². The van der Waals surface area contributed by atoms with Crippen LogP contribution in [0.1, 0.15) is 54.1 Å². The first-order valence-corrected chi connectivity index (χ1v) is 20.3. The Morgan fingerprint density at radius 2 is 0.714 bits per heavy atom. The lowest BCUT2D eigenvalue weighted by molar-refractivity contribution is -0.690. The average molecular weight is 1010 g/mol. The van der Waals surface area contributed by atoms with E-state index in [1.807, 2.05) is 30.3 Å². The molecule has 0 unspecified atom stereocenters. The molecule has 1 saturated carbocycles. The molecule has 0 radical (unpaired) electrons. The standard InChI is InChI=1S/C24BF20.C23H24NO/c26-5-1(6(27)14(35)21(42)13(5)34)25(2-7(28)15(36)22(43)16(37)8(2)29,3-9(30)17(38)23(44)18(39)10(3)31)4-11(32)19(40)24(45)20(41)12(4)33;25-22(19-10-3-1-4-11-19)17-24-16-15-18-9-7-8-14-21(18)23(24)20-12-5-2-6-13-20/h;1,3-4,7-11,14-16,20H,2,5-6,12-13,17H2/q-1;+1. The van der Waals surface area contributed by atoms with Crippen LogP contribution >= 0.6 is 0 Å². The van der Waals surface area contributed by atoms with Crippen LogP contribution in [0.25, 0.3) is 10.8 Å². The lowest BCUT2D eigenvalue weighted by Gasteiger charge is -2.44. The lowest BCUT2D eigenvalue weighted by Crippen LogP contribution is -2.81. The van der Waals surface area contributed by atoms with Crippen LogP contribution in [0.5, 0.6) is 0 Å². The van der Waals surface area contributed by atoms with Gasteiger partial charge in [-0.3, -0.25) is 4.79 Å². The quantitative estimate of drug-likeness (QED) is 0.0371. The lowest BCUT2D eigenvalue weighted by atomic mass is 9.12. The molecule has 0 amide bonds. The van der Waals surface area contributed by atoms with Crippen molar-refractivity contribution in [1.82, 2.24) is 0 Å². The third kappa shape index (κ3) is 8.09. The molecule has 1 fully saturated rings. The Kier molecular flexibility index (Phi) is 14.2. The summed E-state index contributed by atoms with van der Waals surface area (Å²) in [6.07, 6.45) is 1.27. The van der Waals surface area contributed by atoms with Crippen molar-refractivity contribution >= 4 is 44.6 Å². The molecule has 0 saturated heterocycles. The van der Waals surface area contributed by atoms with Crippen molar-refractivity contribution in [2.24, 2.45) is 0 Å². The minimum absolute atomic E-state index is 0.179. The van der Waals surface area contributed by atoms with Crippen LogP contribution in [-0.2, 0) is 6.54 Å². The first kappa shape index (κ1) is 50.9. The minimum atomic E-state index is -7.22. The zero-order valence-corrected chi connectivity index (χ0v) is 34.7. The van der Waals surface area contributed by atoms with Crippen molar-refractivity contribution in [3.63, 3.8) is 0 Å². The molecule has 0 N–H and O–H groups in total. The zero-order chi connectivity index (χ0) is 51.4. The molecule has 70 heavy (non-hydrogen) atoms. The van der Waals surface area contributed by atoms with Crippen LogP contribution in [0.2, 0.25) is 0 Å². The predicted molar refractivity (Wildman–Crippen MR) is 210 cm³/mol. The Morgan fingerprint density at radius 3 is 1.07 bits per heavy atom. The van der Waals surface area contributed by atoms with Crippen LogP contribution in [0, 0.1) is 116 Å². The molecular formula is C47H24BF20NO. The highest BCUT2D eigenvalue weighted by molar-refractivity contribution is 7.20. The number of carbonyl (C=O) groups is 1. The number of nitrogens with zero attached hydrogens (tertiary/aromatic N) is 1. The van der Waals surface area contributed by atoms with Crippen molar-refractivity contribution in [3.8, 4) is 0 Å². The highest BCUT2D eigenvalue weighted by atomic mass is 19.2. The highest BCUT2D eigenvalue weighted by Crippen LogP contribution is 2.35. The van der Waals surface area contributed by atoms with Crippen molar-refractivity contribution < 1.29 is 97.2 Å². The Labute approximate surface area is 380 Å². The Bertz CT molecular complexity index is 2870. The van der Waals surface area contributed by atoms with E-state index in [1.54, 1.807) is 0 Å². The van der Waals surface area contributed by atoms with Crippen molar-refractivity contribution in [2.75, 3.05) is 0 Å². The predicted octanol–water partition coefficient (Wildman–Crippen LogP) is 10.9. The second-order valence-electron chi connectivity index (χ2n) is 15.8. The van der Waals surface area contributed by atoms with Crippen molar-refractivity contribution in [1.29, 1.82) is 0 Å². The van der Waals surface area contributed by atoms with E-state index in [4.69, 9.17) is 0 Å². The molecule has 1 aliphatic carbocycles. The van der Waals surface area contributed by atoms with Crippen LogP contribution in [0.4, 0.5) is 87.8 Å². The van der Waals surface area contributed by atoms with E-state index in [-0.39, 0.29) is 5.78 Å². The molecule has 1 aromatic heterocycles. The molecule has 1 heterocycles. The zero-order valence-electron chi connectivity index (χ0n) is 34.7. The summed E-state index contributed by atoms with van der Waals surface area (Å²) in [5, 5.41) is 2.57. The van der Waals surface area contributed by atoms with E-state index in [0.29, 0.717) is 12.5 Å². The van der Waals surface area contributed by atoms with Gasteiger partial charge in [0, 0.05) is 22.9 Å². The normalized spacial score (nSPS) is 13.2. The van der Waals surface area contributed by atoms with Gasteiger partial charge in [0.2, 0.25) is 12.3 Å². The number of hydrogen-bond acceptors (Lipinski definition) is 1. The highest BCUT2D eigenvalue weighted by Gasteiger charge is 2.52. The van der Waals surface area contributed by atoms with Crippen molar-refractivity contribution in [2.45, 2.75) is 44.6 Å². The smallest absolute Gasteiger partial charge is 0.227 e. The SMILES string of the molecule is Fc1c(F)c(F)c([B-](c2c(F)c(F)c(F)c(F)c2F)(c2c(F)c(F)c(F)c(F)c2F)c2c(F)c(F)c(F)c(F)c2F)c(F)c1F.O=C(C[n+]1ccc2ccccc2c1C1CCCCC1)c1ccccc1. The van der Waals surface area contributed by atoms with Crippen LogP contribution < -0.4 is 26.4 Å². The molecular weight excluding hydrogens is 985 g/mol. The van der Waals surface area contributed by atoms with E-state index in [1.165, 1.54) is 48.6 Å². The van der Waals surface area contributed by atoms with Crippen LogP contribution in [-0.4, -0.2) is 11.9 Å². The largest absolute Gasteiger partial charge is 0.287 e. The number of hydrogen-bond donors (Lipinski definition) is 0. The molecule has 366 valence electrons. The first-order chi connectivity index (χ1) is 33.0. The van der Waals surface area contributed by atoms with E-state index < -0.39 is 144 Å². The molecule has 0 atom stereocenters. The molecule has 0 bridgehead atoms. The number of halogens is 20. The fourth-order valence-corrected chi connectivity index (χ4v) is 8.99. The number of pyridine rings is 1. The Balaban J connectivity index is 0.000000242. The van der Waals surface area contributed by atoms with Gasteiger partial charge in [-0.25, -0.2) is 87.8 Å². The summed E-state index contributed by atoms with van der Waals surface area (Å²) >= 11 is 0. The molecule has 7 aromatic rings. The molecule has 8 rings (SSSR count). The maximum Gasteiger partial charge on any atom is 0.227 e. The summed E-state index contributed by atoms with van der Waals surface area (Å²) in [6, 6.07) is 20.3. The van der Waals surface area contributed by atoms with Gasteiger partial charge in [-0.2, -0.15) is 4.57 Å². The summed E-state index contributed by atoms with van der Waals surface area (Å²) in [5.74, 6) is -70.7. The molecule has 0 spiro atoms. The van der Waals surface area contributed by atoms with E-state index in [2.05, 4.69) is 41.1 Å². The summed E-state index contributed by atoms with van der Waals surface area (Å²) in [4.78, 5) is 12.8. The number of rotatable bonds is 8. The third-order valence-corrected chi connectivity index (χ3v) is 12.1. The topological polar surface area (TPSA) is 20.9 Å². The number of ketones is 1. The average Bonchev–Trinajstić information content (AvgIpc) is 3.36. The first-order valence-electron chi connectivity index (χ1n) is 20.3. The van der Waals surface area contributed by atoms with E-state index in [0.717, 1.165) is 5.56 Å². The van der Waals surface area contributed by atoms with Gasteiger partial charge >= 0.3 is 0 Å². The minimum Gasteiger partial charge on any atom is -0.287 e. The fourth-order valence-electron chi connectivity index (χ4n) is 8.99. The van der Waals surface area contributed by atoms with Gasteiger partial charge in [0.15, 0.2) is 81.7 Å². The van der Waals surface area contributed by atoms with Gasteiger partial charge in [-0.1, -0.05) is 67.8 Å². The molecule has 23 heteroatoms. The summed E-state index contributed by atoms with van der Waals surface area (Å²) in [5.41, 5.74) is -12.2. The summed E-state index contributed by atoms with van der Waals surface area (Å²) < 4.78 is 296. The molecule has 0 aliphatic heterocycles. The Hall–Kier alpha value is -6.94. The molecule has 2 nitrogen and oxygen atoms in total. The number of benzene rings is 6. The maximum atomic E-state index is 15.4. The van der Waals surface area contributed by atoms with Gasteiger partial charge in [0.25, 0.3) is 0 Å². The number of aromatic nitrogens is 1.